The molecule has 1 aromatic carbocycles. The molecule has 39 heavy (non-hydrogen) atoms. The van der Waals surface area contributed by atoms with E-state index in [0.717, 1.165) is 49.3 Å². The van der Waals surface area contributed by atoms with Crippen LogP contribution in [0.2, 0.25) is 5.02 Å². The van der Waals surface area contributed by atoms with E-state index < -0.39 is 6.55 Å². The summed E-state index contributed by atoms with van der Waals surface area (Å²) >= 11 is 6.32. The van der Waals surface area contributed by atoms with Gasteiger partial charge in [0.05, 0.1) is 35.4 Å². The van der Waals surface area contributed by atoms with Crippen LogP contribution in [-0.2, 0) is 0 Å². The normalized spacial score (nSPS) is 30.7. The summed E-state index contributed by atoms with van der Waals surface area (Å²) in [5.41, 5.74) is 5.51. The Morgan fingerprint density at radius 3 is 2.77 bits per heavy atom. The van der Waals surface area contributed by atoms with Crippen LogP contribution in [0.1, 0.15) is 45.1 Å². The predicted octanol–water partition coefficient (Wildman–Crippen LogP) is 3.54. The second-order valence-electron chi connectivity index (χ2n) is 11.3. The maximum absolute atomic E-state index is 14.0. The van der Waals surface area contributed by atoms with Crippen molar-refractivity contribution in [3.63, 3.8) is 0 Å². The third-order valence-corrected chi connectivity index (χ3v) is 8.96. The molecule has 0 amide bonds. The van der Waals surface area contributed by atoms with Gasteiger partial charge in [0, 0.05) is 41.3 Å². The molecule has 12 heteroatoms. The summed E-state index contributed by atoms with van der Waals surface area (Å²) in [5, 5.41) is 8.89. The van der Waals surface area contributed by atoms with Crippen LogP contribution >= 0.6 is 11.6 Å². The molecular formula is C27H35ClF2N8O. The highest BCUT2D eigenvalue weighted by Crippen LogP contribution is 2.35. The number of halogens is 3. The Balaban J connectivity index is 1.33. The minimum Gasteiger partial charge on any atom is -0.345 e. The summed E-state index contributed by atoms with van der Waals surface area (Å²) in [7, 11) is 0. The van der Waals surface area contributed by atoms with Crippen LogP contribution in [0.5, 0.6) is 0 Å². The van der Waals surface area contributed by atoms with Crippen molar-refractivity contribution in [1.29, 1.82) is 0 Å². The van der Waals surface area contributed by atoms with Crippen molar-refractivity contribution >= 4 is 22.6 Å². The van der Waals surface area contributed by atoms with Crippen LogP contribution in [0.15, 0.2) is 35.6 Å². The second kappa shape index (κ2) is 11.2. The zero-order chi connectivity index (χ0) is 27.1. The van der Waals surface area contributed by atoms with E-state index in [9.17, 15) is 13.6 Å². The van der Waals surface area contributed by atoms with E-state index in [4.69, 9.17) is 11.6 Å². The number of hydrogen-bond donors (Lipinski definition) is 4. The average molecular weight is 561 g/mol. The molecule has 5 heterocycles. The number of nitrogens with one attached hydrogen (secondary N) is 4. The van der Waals surface area contributed by atoms with Crippen LogP contribution in [0.4, 0.5) is 8.78 Å². The van der Waals surface area contributed by atoms with Crippen LogP contribution in [0.25, 0.3) is 22.3 Å². The highest BCUT2D eigenvalue weighted by Gasteiger charge is 2.45. The van der Waals surface area contributed by atoms with Crippen molar-refractivity contribution in [2.75, 3.05) is 19.6 Å². The van der Waals surface area contributed by atoms with Crippen molar-refractivity contribution < 1.29 is 8.78 Å². The Labute approximate surface area is 230 Å². The van der Waals surface area contributed by atoms with Crippen LogP contribution in [0, 0.1) is 11.8 Å². The Bertz CT molecular complexity index is 1370. The highest BCUT2D eigenvalue weighted by molar-refractivity contribution is 6.31. The first-order chi connectivity index (χ1) is 18.9. The number of fused-ring (bicyclic) bond motifs is 5. The summed E-state index contributed by atoms with van der Waals surface area (Å²) in [6.07, 6.45) is 7.51. The maximum Gasteiger partial charge on any atom is 0.307 e. The topological polar surface area (TPSA) is 103 Å². The number of aromatic nitrogens is 4. The van der Waals surface area contributed by atoms with Gasteiger partial charge in [-0.3, -0.25) is 9.36 Å². The molecule has 0 spiro atoms. The van der Waals surface area contributed by atoms with Gasteiger partial charge < -0.3 is 15.6 Å². The summed E-state index contributed by atoms with van der Waals surface area (Å²) in [6, 6.07) is 4.63. The first kappa shape index (κ1) is 26.8. The Morgan fingerprint density at radius 2 is 1.95 bits per heavy atom. The van der Waals surface area contributed by atoms with Crippen molar-refractivity contribution in [1.82, 2.24) is 40.6 Å². The third kappa shape index (κ3) is 5.35. The molecule has 6 rings (SSSR count). The lowest BCUT2D eigenvalue weighted by Gasteiger charge is -2.42. The average Bonchev–Trinajstić information content (AvgIpc) is 3.56. The summed E-state index contributed by atoms with van der Waals surface area (Å²) in [4.78, 5) is 25.7. The van der Waals surface area contributed by atoms with Crippen molar-refractivity contribution in [2.24, 2.45) is 11.8 Å². The standard InChI is InChI=1S/C27H35ClF2N8O/c1-15-3-2-4-23(20-7-16(5-6-31-20)26-22(32-11-15)12-36-38(26)27(29)30)37-14-35-19(10-24(37)39)18-8-17(28)9-21-25(18)34-13-33-21/h8-10,13-16,20,22-23,26-27,31-32,36H,2-7,11-12H2,1H3,(H,33,34)/t15-,16?,20?,22?,23+,26?/m1/s1. The van der Waals surface area contributed by atoms with E-state index in [-0.39, 0.29) is 35.6 Å². The molecule has 0 radical (unpaired) electrons. The fourth-order valence-electron chi connectivity index (χ4n) is 6.84. The SMILES string of the molecule is C[C@@H]1CCC[C@H](n2cnc(-c3cc(Cl)cc4[nH]cnc34)cc2=O)C2CC(CCN2)C2C(CNN2C(F)F)NC1. The molecule has 210 valence electrons. The number of hydrazine groups is 1. The molecule has 9 nitrogen and oxygen atoms in total. The quantitative estimate of drug-likeness (QED) is 0.363. The number of piperidine rings is 1. The molecule has 4 unspecified atom stereocenters. The van der Waals surface area contributed by atoms with Crippen molar-refractivity contribution in [3.05, 3.63) is 46.2 Å². The van der Waals surface area contributed by atoms with Gasteiger partial charge in [-0.15, -0.1) is 0 Å². The number of alkyl halides is 2. The number of hydrogen-bond acceptors (Lipinski definition) is 7. The minimum atomic E-state index is -2.57. The number of rotatable bonds is 3. The number of H-pyrrole nitrogens is 1. The van der Waals surface area contributed by atoms with Gasteiger partial charge in [0.1, 0.15) is 0 Å². The first-order valence-corrected chi connectivity index (χ1v) is 14.2. The summed E-state index contributed by atoms with van der Waals surface area (Å²) in [5.74, 6) is 0.466. The van der Waals surface area contributed by atoms with Gasteiger partial charge in [0.2, 0.25) is 0 Å². The Hall–Kier alpha value is -2.44. The summed E-state index contributed by atoms with van der Waals surface area (Å²) < 4.78 is 29.7. The molecule has 2 bridgehead atoms. The van der Waals surface area contributed by atoms with Gasteiger partial charge in [-0.25, -0.2) is 15.4 Å². The van der Waals surface area contributed by atoms with Gasteiger partial charge in [0.25, 0.3) is 5.56 Å². The number of imidazole rings is 1. The van der Waals surface area contributed by atoms with E-state index in [2.05, 4.69) is 37.9 Å². The molecule has 3 saturated heterocycles. The molecule has 0 saturated carbocycles. The largest absolute Gasteiger partial charge is 0.345 e. The van der Waals surface area contributed by atoms with Gasteiger partial charge in [-0.05, 0) is 62.7 Å². The van der Waals surface area contributed by atoms with E-state index in [1.807, 2.05) is 0 Å². The molecule has 3 aliphatic rings. The maximum atomic E-state index is 14.0. The molecule has 0 aliphatic carbocycles. The molecular weight excluding hydrogens is 526 g/mol. The fraction of sp³-hybridized carbons (Fsp3) is 0.593. The monoisotopic (exact) mass is 560 g/mol. The van der Waals surface area contributed by atoms with E-state index in [1.165, 1.54) is 0 Å². The lowest BCUT2D eigenvalue weighted by Crippen LogP contribution is -2.56. The Kier molecular flexibility index (Phi) is 7.69. The highest BCUT2D eigenvalue weighted by atomic mass is 35.5. The van der Waals surface area contributed by atoms with Gasteiger partial charge in [0.15, 0.2) is 0 Å². The van der Waals surface area contributed by atoms with E-state index >= 15 is 0 Å². The van der Waals surface area contributed by atoms with Gasteiger partial charge in [-0.1, -0.05) is 24.9 Å². The Morgan fingerprint density at radius 1 is 1.08 bits per heavy atom. The molecule has 3 fully saturated rings. The van der Waals surface area contributed by atoms with E-state index in [0.29, 0.717) is 40.7 Å². The molecule has 6 atom stereocenters. The first-order valence-electron chi connectivity index (χ1n) is 13.9. The molecule has 3 aromatic rings. The predicted molar refractivity (Wildman–Crippen MR) is 147 cm³/mol. The van der Waals surface area contributed by atoms with Crippen LogP contribution in [-0.4, -0.2) is 68.8 Å². The zero-order valence-electron chi connectivity index (χ0n) is 21.9. The van der Waals surface area contributed by atoms with E-state index in [1.54, 1.807) is 35.4 Å². The van der Waals surface area contributed by atoms with Crippen molar-refractivity contribution in [3.8, 4) is 11.3 Å². The lowest BCUT2D eigenvalue weighted by molar-refractivity contribution is -0.0841. The van der Waals surface area contributed by atoms with Crippen molar-refractivity contribution in [2.45, 2.75) is 69.7 Å². The number of nitrogens with zero attached hydrogens (tertiary/aromatic N) is 4. The molecule has 4 N–H and O–H groups in total. The third-order valence-electron chi connectivity index (χ3n) is 8.75. The smallest absolute Gasteiger partial charge is 0.307 e. The molecule has 2 aromatic heterocycles. The van der Waals surface area contributed by atoms with Gasteiger partial charge >= 0.3 is 6.55 Å². The fourth-order valence-corrected chi connectivity index (χ4v) is 7.06. The molecule has 3 aliphatic heterocycles. The second-order valence-corrected chi connectivity index (χ2v) is 11.7. The van der Waals surface area contributed by atoms with Crippen LogP contribution < -0.4 is 21.6 Å². The minimum absolute atomic E-state index is 0.0196. The lowest BCUT2D eigenvalue weighted by atomic mass is 9.79. The zero-order valence-corrected chi connectivity index (χ0v) is 22.7. The number of aromatic amines is 1. The van der Waals surface area contributed by atoms with Crippen LogP contribution in [0.3, 0.4) is 0 Å². The summed E-state index contributed by atoms with van der Waals surface area (Å²) in [6.45, 7) is 1.64. The number of benzene rings is 1. The van der Waals surface area contributed by atoms with Gasteiger partial charge in [-0.2, -0.15) is 13.8 Å².